The van der Waals surface area contributed by atoms with E-state index in [1.54, 1.807) is 6.07 Å². The number of furan rings is 1. The third-order valence-corrected chi connectivity index (χ3v) is 3.79. The molecule has 0 unspecified atom stereocenters. The molecule has 1 amide bonds. The van der Waals surface area contributed by atoms with E-state index in [1.165, 1.54) is 6.26 Å². The second kappa shape index (κ2) is 7.21. The molecule has 5 heteroatoms. The minimum Gasteiger partial charge on any atom is -0.457 e. The second-order valence-corrected chi connectivity index (χ2v) is 5.28. The van der Waals surface area contributed by atoms with Gasteiger partial charge in [0, 0.05) is 17.9 Å². The minimum absolute atomic E-state index is 0.0266. The number of carbonyl (C=O) groups is 1. The molecule has 1 aromatic heterocycles. The van der Waals surface area contributed by atoms with Crippen LogP contribution in [0.1, 0.15) is 37.0 Å². The highest BCUT2D eigenvalue weighted by atomic mass is 79.9. The molecule has 3 nitrogen and oxygen atoms in total. The quantitative estimate of drug-likeness (QED) is 0.711. The van der Waals surface area contributed by atoms with Gasteiger partial charge < -0.3 is 9.32 Å². The topological polar surface area (TPSA) is 33.5 Å². The van der Waals surface area contributed by atoms with Crippen LogP contribution in [0.15, 0.2) is 21.4 Å². The highest BCUT2D eigenvalue weighted by molar-refractivity contribution is 9.10. The van der Waals surface area contributed by atoms with Gasteiger partial charge in [0.2, 0.25) is 0 Å². The molecule has 0 aromatic carbocycles. The van der Waals surface area contributed by atoms with Gasteiger partial charge >= 0.3 is 0 Å². The van der Waals surface area contributed by atoms with Crippen LogP contribution in [0.5, 0.6) is 0 Å². The molecule has 0 N–H and O–H groups in total. The van der Waals surface area contributed by atoms with Crippen LogP contribution in [0, 0.1) is 0 Å². The molecule has 0 saturated heterocycles. The average molecular weight is 367 g/mol. The van der Waals surface area contributed by atoms with E-state index in [2.05, 4.69) is 45.7 Å². The van der Waals surface area contributed by atoms with E-state index >= 15 is 0 Å². The summed E-state index contributed by atoms with van der Waals surface area (Å²) in [4.78, 5) is 14.3. The van der Waals surface area contributed by atoms with Crippen LogP contribution < -0.4 is 0 Å². The van der Waals surface area contributed by atoms with Crippen molar-refractivity contribution < 1.29 is 9.21 Å². The molecule has 1 aromatic rings. The van der Waals surface area contributed by atoms with Gasteiger partial charge in [-0.3, -0.25) is 4.79 Å². The van der Waals surface area contributed by atoms with Crippen LogP contribution in [0.3, 0.4) is 0 Å². The molecule has 0 bridgehead atoms. The average Bonchev–Trinajstić information content (AvgIpc) is 2.75. The molecule has 1 rings (SSSR count). The zero-order valence-corrected chi connectivity index (χ0v) is 13.3. The first kappa shape index (κ1) is 14.8. The molecule has 0 spiro atoms. The zero-order valence-electron chi connectivity index (χ0n) is 10.1. The Morgan fingerprint density at radius 2 is 2.12 bits per heavy atom. The Hall–Kier alpha value is -0.290. The molecule has 0 atom stereocenters. The number of rotatable bonds is 6. The van der Waals surface area contributed by atoms with Crippen LogP contribution >= 0.6 is 31.9 Å². The summed E-state index contributed by atoms with van der Waals surface area (Å²) >= 11 is 6.65. The predicted octanol–water partition coefficient (Wildman–Crippen LogP) is 4.07. The van der Waals surface area contributed by atoms with E-state index in [0.29, 0.717) is 16.8 Å². The van der Waals surface area contributed by atoms with Gasteiger partial charge in [-0.15, -0.1) is 0 Å². The first-order valence-electron chi connectivity index (χ1n) is 5.75. The van der Waals surface area contributed by atoms with Crippen molar-refractivity contribution in [3.63, 3.8) is 0 Å². The van der Waals surface area contributed by atoms with Crippen LogP contribution in [-0.4, -0.2) is 28.7 Å². The third kappa shape index (κ3) is 3.58. The Morgan fingerprint density at radius 3 is 2.53 bits per heavy atom. The van der Waals surface area contributed by atoms with Crippen LogP contribution in [0.4, 0.5) is 0 Å². The molecule has 0 aliphatic carbocycles. The van der Waals surface area contributed by atoms with Gasteiger partial charge in [-0.2, -0.15) is 0 Å². The van der Waals surface area contributed by atoms with Crippen molar-refractivity contribution in [2.75, 3.05) is 11.9 Å². The predicted molar refractivity (Wildman–Crippen MR) is 75.6 cm³/mol. The second-order valence-electron chi connectivity index (χ2n) is 3.77. The lowest BCUT2D eigenvalue weighted by Gasteiger charge is -2.29. The first-order valence-corrected chi connectivity index (χ1v) is 7.67. The Kier molecular flexibility index (Phi) is 6.27. The third-order valence-electron chi connectivity index (χ3n) is 2.82. The number of hydrogen-bond donors (Lipinski definition) is 0. The molecule has 0 radical (unpaired) electrons. The van der Waals surface area contributed by atoms with Crippen LogP contribution in [-0.2, 0) is 0 Å². The summed E-state index contributed by atoms with van der Waals surface area (Å²) in [6.45, 7) is 4.92. The first-order chi connectivity index (χ1) is 8.15. The monoisotopic (exact) mass is 365 g/mol. The molecular weight excluding hydrogens is 350 g/mol. The van der Waals surface area contributed by atoms with E-state index in [9.17, 15) is 4.79 Å². The molecule has 0 saturated carbocycles. The molecule has 17 heavy (non-hydrogen) atoms. The van der Waals surface area contributed by atoms with Crippen molar-refractivity contribution in [3.8, 4) is 0 Å². The lowest BCUT2D eigenvalue weighted by Crippen LogP contribution is -2.41. The van der Waals surface area contributed by atoms with E-state index < -0.39 is 0 Å². The molecule has 0 fully saturated rings. The smallest absolute Gasteiger partial charge is 0.258 e. The summed E-state index contributed by atoms with van der Waals surface area (Å²) in [6, 6.07) is 1.98. The highest BCUT2D eigenvalue weighted by Gasteiger charge is 2.24. The van der Waals surface area contributed by atoms with Crippen molar-refractivity contribution in [1.29, 1.82) is 0 Å². The van der Waals surface area contributed by atoms with E-state index in [-0.39, 0.29) is 11.9 Å². The van der Waals surface area contributed by atoms with Crippen molar-refractivity contribution in [2.24, 2.45) is 0 Å². The van der Waals surface area contributed by atoms with Crippen molar-refractivity contribution >= 4 is 37.8 Å². The molecule has 0 aliphatic heterocycles. The zero-order chi connectivity index (χ0) is 12.8. The molecule has 96 valence electrons. The Morgan fingerprint density at radius 1 is 1.47 bits per heavy atom. The fraction of sp³-hybridized carbons (Fsp3) is 0.583. The van der Waals surface area contributed by atoms with Gasteiger partial charge in [0.25, 0.3) is 5.91 Å². The Labute approximate surface area is 119 Å². The minimum atomic E-state index is 0.0266. The maximum atomic E-state index is 12.4. The van der Waals surface area contributed by atoms with Gasteiger partial charge in [-0.1, -0.05) is 29.8 Å². The van der Waals surface area contributed by atoms with Crippen molar-refractivity contribution in [2.45, 2.75) is 32.7 Å². The maximum Gasteiger partial charge on any atom is 0.258 e. The fourth-order valence-corrected chi connectivity index (χ4v) is 2.66. The van der Waals surface area contributed by atoms with Gasteiger partial charge in [-0.25, -0.2) is 0 Å². The number of nitrogens with zero attached hydrogens (tertiary/aromatic N) is 1. The van der Waals surface area contributed by atoms with Gasteiger partial charge in [0.05, 0.1) is 11.8 Å². The summed E-state index contributed by atoms with van der Waals surface area (Å²) < 4.78 is 5.63. The lowest BCUT2D eigenvalue weighted by atomic mass is 10.1. The Bertz CT molecular complexity index is 361. The van der Waals surface area contributed by atoms with E-state index in [4.69, 9.17) is 4.42 Å². The van der Waals surface area contributed by atoms with Gasteiger partial charge in [-0.05, 0) is 34.8 Å². The Balaban J connectivity index is 2.91. The summed E-state index contributed by atoms with van der Waals surface area (Å²) in [7, 11) is 0. The number of amides is 1. The van der Waals surface area contributed by atoms with E-state index in [1.807, 2.05) is 4.90 Å². The highest BCUT2D eigenvalue weighted by Crippen LogP contribution is 2.21. The van der Waals surface area contributed by atoms with Crippen LogP contribution in [0.2, 0.25) is 0 Å². The normalized spacial score (nSPS) is 10.9. The maximum absolute atomic E-state index is 12.4. The SMILES string of the molecule is CCC(CC)N(CCBr)C(=O)c1ccoc1Br. The number of carbonyl (C=O) groups excluding carboxylic acids is 1. The van der Waals surface area contributed by atoms with Crippen molar-refractivity contribution in [1.82, 2.24) is 4.90 Å². The number of halogens is 2. The summed E-state index contributed by atoms with van der Waals surface area (Å²) in [5, 5.41) is 0.782. The summed E-state index contributed by atoms with van der Waals surface area (Å²) in [5.74, 6) is 0.0266. The molecule has 0 aliphatic rings. The van der Waals surface area contributed by atoms with E-state index in [0.717, 1.165) is 18.2 Å². The summed E-state index contributed by atoms with van der Waals surface area (Å²) in [6.07, 6.45) is 3.45. The number of hydrogen-bond acceptors (Lipinski definition) is 2. The largest absolute Gasteiger partial charge is 0.457 e. The van der Waals surface area contributed by atoms with Crippen molar-refractivity contribution in [3.05, 3.63) is 22.6 Å². The van der Waals surface area contributed by atoms with Gasteiger partial charge in [0.1, 0.15) is 0 Å². The number of alkyl halides is 1. The molecule has 1 heterocycles. The lowest BCUT2D eigenvalue weighted by molar-refractivity contribution is 0.0681. The molecular formula is C12H17Br2NO2. The fourth-order valence-electron chi connectivity index (χ4n) is 1.87. The van der Waals surface area contributed by atoms with Gasteiger partial charge in [0.15, 0.2) is 4.67 Å². The standard InChI is InChI=1S/C12H17Br2NO2/c1-3-9(4-2)15(7-6-13)12(16)10-5-8-17-11(10)14/h5,8-9H,3-4,6-7H2,1-2H3. The summed E-state index contributed by atoms with van der Waals surface area (Å²) in [5.41, 5.74) is 0.595. The van der Waals surface area contributed by atoms with Crippen LogP contribution in [0.25, 0.3) is 0 Å².